The molecule has 1 unspecified atom stereocenters. The lowest BCUT2D eigenvalue weighted by Crippen LogP contribution is -2.47. The van der Waals surface area contributed by atoms with Crippen LogP contribution in [0.5, 0.6) is 5.75 Å². The molecule has 11 heteroatoms. The molecule has 0 aromatic heterocycles. The van der Waals surface area contributed by atoms with E-state index in [1.54, 1.807) is 14.2 Å². The number of hydrogen-bond acceptors (Lipinski definition) is 6. The van der Waals surface area contributed by atoms with Crippen molar-refractivity contribution in [2.75, 3.05) is 66.6 Å². The molecule has 2 aliphatic rings. The lowest BCUT2D eigenvalue weighted by Gasteiger charge is -2.35. The van der Waals surface area contributed by atoms with Crippen LogP contribution in [-0.4, -0.2) is 94.3 Å². The summed E-state index contributed by atoms with van der Waals surface area (Å²) in [5.74, 6) is 1.23. The maximum Gasteiger partial charge on any atom is 0.324 e. The first-order valence-electron chi connectivity index (χ1n) is 10.1. The second kappa shape index (κ2) is 12.7. The summed E-state index contributed by atoms with van der Waals surface area (Å²) in [5.41, 5.74) is 1.18. The average molecular weight is 546 g/mol. The van der Waals surface area contributed by atoms with Crippen LogP contribution in [0, 0.1) is 0 Å². The summed E-state index contributed by atoms with van der Waals surface area (Å²) >= 11 is 0. The summed E-state index contributed by atoms with van der Waals surface area (Å²) in [6.07, 6.45) is 0. The van der Waals surface area contributed by atoms with Crippen molar-refractivity contribution in [3.63, 3.8) is 0 Å². The van der Waals surface area contributed by atoms with E-state index in [-0.39, 0.29) is 55.0 Å². The number of hydrogen-bond donors (Lipinski definition) is 3. The highest BCUT2D eigenvalue weighted by molar-refractivity contribution is 14.0. The van der Waals surface area contributed by atoms with Gasteiger partial charge in [0.1, 0.15) is 5.75 Å². The molecule has 0 radical (unpaired) electrons. The number of methoxy groups -OCH3 is 1. The number of imide groups is 1. The minimum Gasteiger partial charge on any atom is -0.497 e. The molecule has 2 fully saturated rings. The predicted molar refractivity (Wildman–Crippen MR) is 128 cm³/mol. The second-order valence-electron chi connectivity index (χ2n) is 7.02. The number of carbonyl (C=O) groups is 2. The van der Waals surface area contributed by atoms with Crippen molar-refractivity contribution in [2.24, 2.45) is 4.99 Å². The van der Waals surface area contributed by atoms with E-state index in [1.165, 1.54) is 10.5 Å². The topological polar surface area (TPSA) is 108 Å². The Morgan fingerprint density at radius 1 is 1.23 bits per heavy atom. The smallest absolute Gasteiger partial charge is 0.324 e. The fourth-order valence-electron chi connectivity index (χ4n) is 3.55. The Hall–Kier alpha value is -2.12. The van der Waals surface area contributed by atoms with Crippen LogP contribution in [0.3, 0.4) is 0 Å². The van der Waals surface area contributed by atoms with Crippen LogP contribution in [0.1, 0.15) is 11.6 Å². The van der Waals surface area contributed by atoms with Gasteiger partial charge in [-0.1, -0.05) is 12.1 Å². The molecule has 1 atom stereocenters. The van der Waals surface area contributed by atoms with Gasteiger partial charge in [0.25, 0.3) is 0 Å². The van der Waals surface area contributed by atoms with Gasteiger partial charge >= 0.3 is 6.03 Å². The Labute approximate surface area is 199 Å². The molecule has 31 heavy (non-hydrogen) atoms. The maximum absolute atomic E-state index is 11.7. The summed E-state index contributed by atoms with van der Waals surface area (Å²) in [7, 11) is 3.35. The Kier molecular flexibility index (Phi) is 10.3. The lowest BCUT2D eigenvalue weighted by molar-refractivity contribution is -0.124. The summed E-state index contributed by atoms with van der Waals surface area (Å²) in [6, 6.07) is 7.88. The van der Waals surface area contributed by atoms with Crippen molar-refractivity contribution in [1.82, 2.24) is 25.8 Å². The average Bonchev–Trinajstić information content (AvgIpc) is 3.11. The van der Waals surface area contributed by atoms with E-state index in [4.69, 9.17) is 9.47 Å². The van der Waals surface area contributed by atoms with Gasteiger partial charge < -0.3 is 25.4 Å². The van der Waals surface area contributed by atoms with E-state index in [2.05, 4.69) is 38.0 Å². The second-order valence-corrected chi connectivity index (χ2v) is 7.02. The number of benzene rings is 1. The Morgan fingerprint density at radius 2 is 1.94 bits per heavy atom. The number of morpholine rings is 1. The van der Waals surface area contributed by atoms with E-state index in [0.29, 0.717) is 32.3 Å². The van der Waals surface area contributed by atoms with E-state index < -0.39 is 0 Å². The van der Waals surface area contributed by atoms with Crippen molar-refractivity contribution < 1.29 is 19.1 Å². The number of rotatable bonds is 8. The molecular weight excluding hydrogens is 515 g/mol. The summed E-state index contributed by atoms with van der Waals surface area (Å²) in [5, 5.41) is 9.04. The Morgan fingerprint density at radius 3 is 2.52 bits per heavy atom. The SMILES string of the molecule is CN=C(NCCN1C(=O)CNC1=O)NCC(c1ccc(OC)cc1)N1CCOCC1.I. The van der Waals surface area contributed by atoms with Crippen molar-refractivity contribution in [1.29, 1.82) is 0 Å². The molecule has 2 heterocycles. The third-order valence-corrected chi connectivity index (χ3v) is 5.24. The van der Waals surface area contributed by atoms with Gasteiger partial charge in [0, 0.05) is 39.8 Å². The van der Waals surface area contributed by atoms with Gasteiger partial charge in [-0.05, 0) is 17.7 Å². The molecule has 1 aromatic rings. The standard InChI is InChI=1S/C20H30N6O4.HI/c1-21-19(22-7-8-26-18(27)14-24-20(26)28)23-13-17(25-9-11-30-12-10-25)15-3-5-16(29-2)6-4-15;/h3-6,17H,7-14H2,1-2H3,(H,24,28)(H2,21,22,23);1H. The highest BCUT2D eigenvalue weighted by Crippen LogP contribution is 2.23. The molecule has 0 aliphatic carbocycles. The number of urea groups is 1. The normalized spacial score (nSPS) is 18.3. The summed E-state index contributed by atoms with van der Waals surface area (Å²) < 4.78 is 10.8. The van der Waals surface area contributed by atoms with Crippen LogP contribution < -0.4 is 20.7 Å². The number of aliphatic imine (C=N–C) groups is 1. The van der Waals surface area contributed by atoms with Gasteiger partial charge in [0.2, 0.25) is 5.91 Å². The van der Waals surface area contributed by atoms with Crippen LogP contribution in [0.25, 0.3) is 0 Å². The first-order chi connectivity index (χ1) is 14.6. The van der Waals surface area contributed by atoms with E-state index in [9.17, 15) is 9.59 Å². The molecule has 172 valence electrons. The zero-order valence-electron chi connectivity index (χ0n) is 17.9. The van der Waals surface area contributed by atoms with Crippen molar-refractivity contribution >= 4 is 41.9 Å². The molecule has 3 rings (SSSR count). The van der Waals surface area contributed by atoms with E-state index in [0.717, 1.165) is 18.8 Å². The number of guanidine groups is 1. The van der Waals surface area contributed by atoms with Gasteiger partial charge in [-0.15, -0.1) is 24.0 Å². The van der Waals surface area contributed by atoms with Crippen LogP contribution in [0.2, 0.25) is 0 Å². The number of ether oxygens (including phenoxy) is 2. The largest absolute Gasteiger partial charge is 0.497 e. The minimum absolute atomic E-state index is 0. The van der Waals surface area contributed by atoms with Gasteiger partial charge in [-0.3, -0.25) is 19.6 Å². The number of nitrogens with one attached hydrogen (secondary N) is 3. The van der Waals surface area contributed by atoms with Crippen molar-refractivity contribution in [3.8, 4) is 5.75 Å². The summed E-state index contributed by atoms with van der Waals surface area (Å²) in [6.45, 7) is 4.56. The molecule has 3 N–H and O–H groups in total. The molecule has 0 saturated carbocycles. The van der Waals surface area contributed by atoms with Gasteiger partial charge in [-0.2, -0.15) is 0 Å². The molecule has 1 aromatic carbocycles. The molecule has 10 nitrogen and oxygen atoms in total. The zero-order chi connectivity index (χ0) is 21.3. The molecule has 2 saturated heterocycles. The van der Waals surface area contributed by atoms with Crippen LogP contribution >= 0.6 is 24.0 Å². The predicted octanol–water partition coefficient (Wildman–Crippen LogP) is 0.403. The number of halogens is 1. The fraction of sp³-hybridized carbons (Fsp3) is 0.550. The monoisotopic (exact) mass is 546 g/mol. The van der Waals surface area contributed by atoms with Crippen molar-refractivity contribution in [2.45, 2.75) is 6.04 Å². The molecule has 0 bridgehead atoms. The molecule has 0 spiro atoms. The number of nitrogens with zero attached hydrogens (tertiary/aromatic N) is 3. The van der Waals surface area contributed by atoms with Gasteiger partial charge in [0.05, 0.1) is 32.9 Å². The van der Waals surface area contributed by atoms with Gasteiger partial charge in [0.15, 0.2) is 5.96 Å². The van der Waals surface area contributed by atoms with Gasteiger partial charge in [-0.25, -0.2) is 4.79 Å². The molecule has 3 amide bonds. The highest BCUT2D eigenvalue weighted by Gasteiger charge is 2.28. The van der Waals surface area contributed by atoms with E-state index >= 15 is 0 Å². The summed E-state index contributed by atoms with van der Waals surface area (Å²) in [4.78, 5) is 31.1. The van der Waals surface area contributed by atoms with E-state index in [1.807, 2.05) is 12.1 Å². The number of carbonyl (C=O) groups excluding carboxylic acids is 2. The van der Waals surface area contributed by atoms with Crippen LogP contribution in [0.15, 0.2) is 29.3 Å². The first kappa shape index (κ1) is 25.1. The molecular formula is C20H31IN6O4. The Balaban J connectivity index is 0.00000341. The quantitative estimate of drug-likeness (QED) is 0.188. The van der Waals surface area contributed by atoms with Crippen molar-refractivity contribution in [3.05, 3.63) is 29.8 Å². The third-order valence-electron chi connectivity index (χ3n) is 5.24. The fourth-order valence-corrected chi connectivity index (χ4v) is 3.55. The maximum atomic E-state index is 11.7. The number of amides is 3. The first-order valence-corrected chi connectivity index (χ1v) is 10.1. The lowest BCUT2D eigenvalue weighted by atomic mass is 10.0. The zero-order valence-corrected chi connectivity index (χ0v) is 20.3. The van der Waals surface area contributed by atoms with Crippen LogP contribution in [0.4, 0.5) is 4.79 Å². The minimum atomic E-state index is -0.350. The molecule has 2 aliphatic heterocycles. The van der Waals surface area contributed by atoms with Crippen LogP contribution in [-0.2, 0) is 9.53 Å². The highest BCUT2D eigenvalue weighted by atomic mass is 127. The third kappa shape index (κ3) is 6.94. The Bertz CT molecular complexity index is 739.